The minimum absolute atomic E-state index is 0.0228. The molecule has 0 radical (unpaired) electrons. The zero-order chi connectivity index (χ0) is 32.4. The van der Waals surface area contributed by atoms with Crippen LogP contribution in [0.4, 0.5) is 26.1 Å². The van der Waals surface area contributed by atoms with E-state index in [-0.39, 0.29) is 17.3 Å². The Labute approximate surface area is 270 Å². The molecule has 0 aliphatic carbocycles. The molecule has 234 valence electrons. The van der Waals surface area contributed by atoms with Crippen LogP contribution in [0.3, 0.4) is 0 Å². The lowest BCUT2D eigenvalue weighted by molar-refractivity contribution is 0.580. The highest BCUT2D eigenvalue weighted by Gasteiger charge is 2.21. The topological polar surface area (TPSA) is 174 Å². The third-order valence-electron chi connectivity index (χ3n) is 5.48. The van der Waals surface area contributed by atoms with E-state index in [2.05, 4.69) is 50.2 Å². The van der Waals surface area contributed by atoms with Crippen LogP contribution < -0.4 is 10.0 Å². The molecule has 2 N–H and O–H groups in total. The first-order valence-electron chi connectivity index (χ1n) is 12.8. The van der Waals surface area contributed by atoms with Gasteiger partial charge in [0.15, 0.2) is 28.4 Å². The summed E-state index contributed by atoms with van der Waals surface area (Å²) >= 11 is 8.84. The highest BCUT2D eigenvalue weighted by molar-refractivity contribution is 7.98. The summed E-state index contributed by atoms with van der Waals surface area (Å²) in [7, 11) is -3.82. The van der Waals surface area contributed by atoms with Gasteiger partial charge < -0.3 is 5.32 Å². The van der Waals surface area contributed by atoms with Gasteiger partial charge in [-0.15, -0.1) is 23.5 Å². The number of nitrogens with one attached hydrogen (secondary N) is 2. The fourth-order valence-electron chi connectivity index (χ4n) is 3.51. The number of halogens is 3. The number of thioether (sulfide) groups is 2. The Hall–Kier alpha value is -4.13. The Morgan fingerprint density at radius 3 is 1.96 bits per heavy atom. The summed E-state index contributed by atoms with van der Waals surface area (Å²) in [5.41, 5.74) is 1.27. The van der Waals surface area contributed by atoms with E-state index < -0.39 is 33.2 Å². The molecule has 0 saturated heterocycles. The van der Waals surface area contributed by atoms with Crippen LogP contribution in [0.5, 0.6) is 0 Å². The number of pyridine rings is 1. The van der Waals surface area contributed by atoms with Crippen LogP contribution in [0.1, 0.15) is 13.3 Å². The highest BCUT2D eigenvalue weighted by atomic mass is 35.5. The second-order valence-corrected chi connectivity index (χ2v) is 12.4. The van der Waals surface area contributed by atoms with Crippen LogP contribution in [0.15, 0.2) is 65.8 Å². The van der Waals surface area contributed by atoms with Gasteiger partial charge in [-0.2, -0.15) is 0 Å². The summed E-state index contributed by atoms with van der Waals surface area (Å²) in [6, 6.07) is 3.49. The maximum absolute atomic E-state index is 14.9. The van der Waals surface area contributed by atoms with E-state index in [1.54, 1.807) is 37.1 Å². The number of hydrogen-bond donors (Lipinski definition) is 2. The molecule has 0 unspecified atom stereocenters. The molecule has 45 heavy (non-hydrogen) atoms. The Morgan fingerprint density at radius 2 is 1.36 bits per heavy atom. The number of anilines is 3. The van der Waals surface area contributed by atoms with E-state index in [1.807, 2.05) is 23.3 Å². The molecule has 0 saturated carbocycles. The molecule has 5 rings (SSSR count). The molecule has 0 spiro atoms. The zero-order valence-corrected chi connectivity index (χ0v) is 27.0. The fourth-order valence-corrected chi connectivity index (χ4v) is 5.55. The van der Waals surface area contributed by atoms with Gasteiger partial charge in [0, 0.05) is 24.8 Å². The molecular formula is C26H24ClF2N11O2S3. The summed E-state index contributed by atoms with van der Waals surface area (Å²) in [6.45, 7) is 1.66. The van der Waals surface area contributed by atoms with Gasteiger partial charge in [-0.3, -0.25) is 4.72 Å². The van der Waals surface area contributed by atoms with Crippen LogP contribution in [0, 0.1) is 11.6 Å². The highest BCUT2D eigenvalue weighted by Crippen LogP contribution is 2.31. The minimum Gasteiger partial charge on any atom is -0.333 e. The Kier molecular flexibility index (Phi) is 11.8. The number of hydrogen-bond acceptors (Lipinski definition) is 14. The molecule has 0 amide bonds. The molecular weight excluding hydrogens is 668 g/mol. The van der Waals surface area contributed by atoms with Gasteiger partial charge in [-0.25, -0.2) is 62.1 Å². The molecule has 5 aromatic rings. The van der Waals surface area contributed by atoms with Gasteiger partial charge in [0.25, 0.3) is 0 Å². The van der Waals surface area contributed by atoms with Crippen molar-refractivity contribution in [2.45, 2.75) is 23.4 Å². The van der Waals surface area contributed by atoms with Crippen LogP contribution in [0.2, 0.25) is 5.15 Å². The van der Waals surface area contributed by atoms with Gasteiger partial charge in [-0.1, -0.05) is 18.5 Å². The summed E-state index contributed by atoms with van der Waals surface area (Å²) in [6.07, 6.45) is 13.5. The standard InChI is InChI=1S/C17H17F2N7O2S2.C9H7ClN4S/c1-3-6-30(27,28)26-16-13(19)14(10(18)8-22-16)25-17-15(20-4-5-21-17)11-7-12(29-2)24-9-23-11;1-15-7-4-6(13-5-14-7)8-9(10)12-3-2-11-8/h4-5,7-9H,3,6H2,1-2H3,(H2,21,22,25,26);2-5H,1H3. The van der Waals surface area contributed by atoms with Crippen LogP contribution in [-0.2, 0) is 10.0 Å². The van der Waals surface area contributed by atoms with Crippen molar-refractivity contribution in [1.29, 1.82) is 0 Å². The molecule has 0 aromatic carbocycles. The maximum Gasteiger partial charge on any atom is 0.233 e. The van der Waals surface area contributed by atoms with Crippen molar-refractivity contribution in [3.05, 3.63) is 72.6 Å². The van der Waals surface area contributed by atoms with Crippen LogP contribution in [-0.4, -0.2) is 71.5 Å². The molecule has 5 heterocycles. The quantitative estimate of drug-likeness (QED) is 0.138. The lowest BCUT2D eigenvalue weighted by Gasteiger charge is -2.13. The SMILES string of the molecule is CCCS(=O)(=O)Nc1ncc(F)c(Nc2nccnc2-c2cc(SC)ncn2)c1F.CSc1cc(-c2nccnc2Cl)ncn1. The number of sulfonamides is 1. The van der Waals surface area contributed by atoms with E-state index >= 15 is 0 Å². The summed E-state index contributed by atoms with van der Waals surface area (Å²) < 4.78 is 55.1. The second kappa shape index (κ2) is 15.7. The summed E-state index contributed by atoms with van der Waals surface area (Å²) in [5, 5.41) is 4.44. The third kappa shape index (κ3) is 8.96. The monoisotopic (exact) mass is 691 g/mol. The van der Waals surface area contributed by atoms with Crippen LogP contribution in [0.25, 0.3) is 22.8 Å². The van der Waals surface area contributed by atoms with Gasteiger partial charge in [0.2, 0.25) is 10.0 Å². The number of aromatic nitrogens is 9. The van der Waals surface area contributed by atoms with Crippen molar-refractivity contribution >= 4 is 62.5 Å². The van der Waals surface area contributed by atoms with E-state index in [0.717, 1.165) is 5.03 Å². The largest absolute Gasteiger partial charge is 0.333 e. The van der Waals surface area contributed by atoms with E-state index in [0.29, 0.717) is 39.9 Å². The minimum atomic E-state index is -3.82. The van der Waals surface area contributed by atoms with Crippen molar-refractivity contribution in [2.75, 3.05) is 28.3 Å². The summed E-state index contributed by atoms with van der Waals surface area (Å²) in [4.78, 5) is 36.3. The first-order valence-corrected chi connectivity index (χ1v) is 17.3. The maximum atomic E-state index is 14.9. The average Bonchev–Trinajstić information content (AvgIpc) is 3.05. The molecule has 0 atom stereocenters. The van der Waals surface area contributed by atoms with Crippen molar-refractivity contribution in [3.63, 3.8) is 0 Å². The normalized spacial score (nSPS) is 11.0. The first kappa shape index (κ1) is 33.8. The van der Waals surface area contributed by atoms with Gasteiger partial charge >= 0.3 is 0 Å². The fraction of sp³-hybridized carbons (Fsp3) is 0.192. The first-order chi connectivity index (χ1) is 21.7. The molecule has 5 aromatic heterocycles. The Morgan fingerprint density at radius 1 is 0.778 bits per heavy atom. The lowest BCUT2D eigenvalue weighted by Crippen LogP contribution is -2.18. The van der Waals surface area contributed by atoms with Crippen molar-refractivity contribution < 1.29 is 17.2 Å². The predicted molar refractivity (Wildman–Crippen MR) is 170 cm³/mol. The van der Waals surface area contributed by atoms with Crippen LogP contribution >= 0.6 is 35.1 Å². The molecule has 0 bridgehead atoms. The Balaban J connectivity index is 0.000000256. The molecule has 0 fully saturated rings. The van der Waals surface area contributed by atoms with Crippen molar-refractivity contribution in [1.82, 2.24) is 44.9 Å². The average molecular weight is 692 g/mol. The molecule has 19 heteroatoms. The second-order valence-electron chi connectivity index (χ2n) is 8.53. The van der Waals surface area contributed by atoms with Gasteiger partial charge in [0.1, 0.15) is 29.7 Å². The molecule has 0 aliphatic rings. The van der Waals surface area contributed by atoms with Gasteiger partial charge in [-0.05, 0) is 31.1 Å². The molecule has 0 aliphatic heterocycles. The molecule has 13 nitrogen and oxygen atoms in total. The smallest absolute Gasteiger partial charge is 0.233 e. The predicted octanol–water partition coefficient (Wildman–Crippen LogP) is 5.53. The van der Waals surface area contributed by atoms with Gasteiger partial charge in [0.05, 0.1) is 33.4 Å². The van der Waals surface area contributed by atoms with E-state index in [1.165, 1.54) is 36.8 Å². The zero-order valence-electron chi connectivity index (χ0n) is 23.8. The van der Waals surface area contributed by atoms with E-state index in [4.69, 9.17) is 11.6 Å². The van der Waals surface area contributed by atoms with Crippen molar-refractivity contribution in [3.8, 4) is 22.8 Å². The van der Waals surface area contributed by atoms with Crippen molar-refractivity contribution in [2.24, 2.45) is 0 Å². The number of rotatable bonds is 10. The number of nitrogens with zero attached hydrogens (tertiary/aromatic N) is 9. The van der Waals surface area contributed by atoms with E-state index in [9.17, 15) is 17.2 Å². The Bertz CT molecular complexity index is 1890. The summed E-state index contributed by atoms with van der Waals surface area (Å²) in [5.74, 6) is -3.07. The third-order valence-corrected chi connectivity index (χ3v) is 8.49. The lowest BCUT2D eigenvalue weighted by atomic mass is 10.2.